The molecule has 1 amide bonds. The first-order chi connectivity index (χ1) is 8.72. The van der Waals surface area contributed by atoms with Crippen LogP contribution in [0.2, 0.25) is 0 Å². The second kappa shape index (κ2) is 8.53. The van der Waals surface area contributed by atoms with Crippen LogP contribution in [-0.2, 0) is 11.3 Å². The highest BCUT2D eigenvalue weighted by Crippen LogP contribution is 2.01. The van der Waals surface area contributed by atoms with Crippen molar-refractivity contribution in [2.24, 2.45) is 0 Å². The second-order valence-corrected chi connectivity index (χ2v) is 4.24. The molecule has 2 N–H and O–H groups in total. The van der Waals surface area contributed by atoms with Crippen LogP contribution in [0, 0.1) is 0 Å². The Hall–Kier alpha value is -1.55. The maximum Gasteiger partial charge on any atom is 0.407 e. The number of hydrogen-bond acceptors (Lipinski definition) is 3. The van der Waals surface area contributed by atoms with Crippen molar-refractivity contribution in [3.05, 3.63) is 35.9 Å². The van der Waals surface area contributed by atoms with E-state index in [0.29, 0.717) is 6.42 Å². The summed E-state index contributed by atoms with van der Waals surface area (Å²) >= 11 is 0. The molecule has 0 unspecified atom stereocenters. The molecule has 4 nitrogen and oxygen atoms in total. The Morgan fingerprint density at radius 1 is 1.39 bits per heavy atom. The number of nitrogens with one attached hydrogen (secondary N) is 1. The average Bonchev–Trinajstić information content (AvgIpc) is 2.41. The van der Waals surface area contributed by atoms with Crippen LogP contribution in [0.4, 0.5) is 4.79 Å². The third kappa shape index (κ3) is 6.25. The molecule has 0 bridgehead atoms. The van der Waals surface area contributed by atoms with E-state index in [9.17, 15) is 9.90 Å². The zero-order valence-electron chi connectivity index (χ0n) is 10.8. The molecule has 0 saturated heterocycles. The average molecular weight is 251 g/mol. The smallest absolute Gasteiger partial charge is 0.407 e. The van der Waals surface area contributed by atoms with E-state index in [1.807, 2.05) is 30.3 Å². The van der Waals surface area contributed by atoms with Crippen LogP contribution in [-0.4, -0.2) is 23.8 Å². The molecule has 0 aliphatic rings. The van der Waals surface area contributed by atoms with Crippen LogP contribution in [0.1, 0.15) is 31.7 Å². The molecule has 1 aromatic rings. The fourth-order valence-corrected chi connectivity index (χ4v) is 1.52. The van der Waals surface area contributed by atoms with Gasteiger partial charge < -0.3 is 15.2 Å². The van der Waals surface area contributed by atoms with E-state index in [4.69, 9.17) is 4.74 Å². The molecule has 1 atom stereocenters. The highest BCUT2D eigenvalue weighted by Gasteiger charge is 2.07. The van der Waals surface area contributed by atoms with Gasteiger partial charge in [-0.2, -0.15) is 0 Å². The molecule has 0 spiro atoms. The number of hydrogen-bond donors (Lipinski definition) is 2. The Balaban J connectivity index is 2.14. The standard InChI is InChI=1S/C14H21NO3/c1-2-3-9-13(16)10-15-14(17)18-11-12-7-5-4-6-8-12/h4-8,13,16H,2-3,9-11H2,1H3,(H,15,17)/t13-/m1/s1. The van der Waals surface area contributed by atoms with Gasteiger partial charge in [0.25, 0.3) is 0 Å². The molecule has 0 saturated carbocycles. The molecule has 0 aliphatic carbocycles. The van der Waals surface area contributed by atoms with E-state index < -0.39 is 12.2 Å². The number of rotatable bonds is 7. The summed E-state index contributed by atoms with van der Waals surface area (Å²) in [5, 5.41) is 12.1. The predicted molar refractivity (Wildman–Crippen MR) is 70.2 cm³/mol. The number of aliphatic hydroxyl groups is 1. The van der Waals surface area contributed by atoms with Crippen LogP contribution >= 0.6 is 0 Å². The lowest BCUT2D eigenvalue weighted by molar-refractivity contribution is 0.122. The zero-order valence-corrected chi connectivity index (χ0v) is 10.8. The molecule has 0 heterocycles. The number of amides is 1. The lowest BCUT2D eigenvalue weighted by Gasteiger charge is -2.11. The van der Waals surface area contributed by atoms with Gasteiger partial charge in [-0.05, 0) is 12.0 Å². The summed E-state index contributed by atoms with van der Waals surface area (Å²) in [7, 11) is 0. The van der Waals surface area contributed by atoms with E-state index in [2.05, 4.69) is 12.2 Å². The fourth-order valence-electron chi connectivity index (χ4n) is 1.52. The summed E-state index contributed by atoms with van der Waals surface area (Å²) in [5.74, 6) is 0. The topological polar surface area (TPSA) is 58.6 Å². The van der Waals surface area contributed by atoms with E-state index >= 15 is 0 Å². The molecule has 1 rings (SSSR count). The largest absolute Gasteiger partial charge is 0.445 e. The SMILES string of the molecule is CCCC[C@@H](O)CNC(=O)OCc1ccccc1. The highest BCUT2D eigenvalue weighted by molar-refractivity contribution is 5.67. The highest BCUT2D eigenvalue weighted by atomic mass is 16.5. The van der Waals surface area contributed by atoms with E-state index in [1.165, 1.54) is 0 Å². The molecule has 0 aliphatic heterocycles. The van der Waals surface area contributed by atoms with E-state index in [1.54, 1.807) is 0 Å². The molecular formula is C14H21NO3. The lowest BCUT2D eigenvalue weighted by atomic mass is 10.2. The first-order valence-corrected chi connectivity index (χ1v) is 6.35. The van der Waals surface area contributed by atoms with Crippen LogP contribution in [0.25, 0.3) is 0 Å². The van der Waals surface area contributed by atoms with Crippen LogP contribution in [0.15, 0.2) is 30.3 Å². The minimum atomic E-state index is -0.491. The van der Waals surface area contributed by atoms with Crippen molar-refractivity contribution in [3.63, 3.8) is 0 Å². The summed E-state index contributed by atoms with van der Waals surface area (Å²) in [6.07, 6.45) is 1.72. The van der Waals surface area contributed by atoms with Gasteiger partial charge in [0.2, 0.25) is 0 Å². The Bertz CT molecular complexity index is 340. The van der Waals surface area contributed by atoms with Crippen molar-refractivity contribution in [1.29, 1.82) is 0 Å². The normalized spacial score (nSPS) is 11.9. The molecule has 100 valence electrons. The summed E-state index contributed by atoms with van der Waals surface area (Å²) in [5.41, 5.74) is 0.944. The summed E-state index contributed by atoms with van der Waals surface area (Å²) < 4.78 is 5.02. The second-order valence-electron chi connectivity index (χ2n) is 4.24. The molecule has 0 radical (unpaired) electrons. The number of aliphatic hydroxyl groups excluding tert-OH is 1. The summed E-state index contributed by atoms with van der Waals surface area (Å²) in [6, 6.07) is 9.48. The predicted octanol–water partition coefficient (Wildman–Crippen LogP) is 2.46. The first-order valence-electron chi connectivity index (χ1n) is 6.35. The molecule has 18 heavy (non-hydrogen) atoms. The van der Waals surface area contributed by atoms with Crippen molar-refractivity contribution in [2.75, 3.05) is 6.54 Å². The monoisotopic (exact) mass is 251 g/mol. The van der Waals surface area contributed by atoms with Gasteiger partial charge in [-0.25, -0.2) is 4.79 Å². The van der Waals surface area contributed by atoms with Crippen molar-refractivity contribution in [3.8, 4) is 0 Å². The third-order valence-electron chi connectivity index (χ3n) is 2.59. The number of unbranched alkanes of at least 4 members (excludes halogenated alkanes) is 1. The molecule has 4 heteroatoms. The maximum absolute atomic E-state index is 11.4. The van der Waals surface area contributed by atoms with E-state index in [-0.39, 0.29) is 13.2 Å². The fraction of sp³-hybridized carbons (Fsp3) is 0.500. The van der Waals surface area contributed by atoms with Gasteiger partial charge in [0.15, 0.2) is 0 Å². The van der Waals surface area contributed by atoms with Gasteiger partial charge in [0, 0.05) is 6.54 Å². The third-order valence-corrected chi connectivity index (χ3v) is 2.59. The van der Waals surface area contributed by atoms with E-state index in [0.717, 1.165) is 18.4 Å². The number of carbonyl (C=O) groups is 1. The Morgan fingerprint density at radius 3 is 2.78 bits per heavy atom. The molecule has 1 aromatic carbocycles. The zero-order chi connectivity index (χ0) is 13.2. The van der Waals surface area contributed by atoms with Gasteiger partial charge in [-0.1, -0.05) is 50.1 Å². The molecular weight excluding hydrogens is 230 g/mol. The van der Waals surface area contributed by atoms with Crippen LogP contribution in [0.5, 0.6) is 0 Å². The van der Waals surface area contributed by atoms with Crippen molar-refractivity contribution in [2.45, 2.75) is 38.9 Å². The summed E-state index contributed by atoms with van der Waals surface area (Å²) in [4.78, 5) is 11.4. The Morgan fingerprint density at radius 2 is 2.11 bits per heavy atom. The van der Waals surface area contributed by atoms with Gasteiger partial charge in [0.05, 0.1) is 6.10 Å². The minimum absolute atomic E-state index is 0.244. The van der Waals surface area contributed by atoms with Gasteiger partial charge >= 0.3 is 6.09 Å². The number of alkyl carbamates (subject to hydrolysis) is 1. The van der Waals surface area contributed by atoms with Gasteiger partial charge in [-0.3, -0.25) is 0 Å². The van der Waals surface area contributed by atoms with Gasteiger partial charge in [0.1, 0.15) is 6.61 Å². The minimum Gasteiger partial charge on any atom is -0.445 e. The number of carbonyl (C=O) groups excluding carboxylic acids is 1. The van der Waals surface area contributed by atoms with Crippen molar-refractivity contribution < 1.29 is 14.6 Å². The van der Waals surface area contributed by atoms with Crippen LogP contribution in [0.3, 0.4) is 0 Å². The van der Waals surface area contributed by atoms with Crippen molar-refractivity contribution >= 4 is 6.09 Å². The lowest BCUT2D eigenvalue weighted by Crippen LogP contribution is -2.32. The quantitative estimate of drug-likeness (QED) is 0.782. The van der Waals surface area contributed by atoms with Gasteiger partial charge in [-0.15, -0.1) is 0 Å². The first kappa shape index (κ1) is 14.5. The Kier molecular flexibility index (Phi) is 6.87. The van der Waals surface area contributed by atoms with Crippen LogP contribution < -0.4 is 5.32 Å². The van der Waals surface area contributed by atoms with Crippen molar-refractivity contribution in [1.82, 2.24) is 5.32 Å². The molecule has 0 fully saturated rings. The maximum atomic E-state index is 11.4. The molecule has 0 aromatic heterocycles. The number of ether oxygens (including phenoxy) is 1. The summed E-state index contributed by atoms with van der Waals surface area (Å²) in [6.45, 7) is 2.56. The number of benzene rings is 1. The Labute approximate surface area is 108 Å².